The number of hydrogen-bond acceptors (Lipinski definition) is 3. The summed E-state index contributed by atoms with van der Waals surface area (Å²) in [6.07, 6.45) is 2.60. The van der Waals surface area contributed by atoms with Crippen LogP contribution in [0.5, 0.6) is 0 Å². The number of carbonyl (C=O) groups excluding carboxylic acids is 3. The van der Waals surface area contributed by atoms with E-state index in [1.165, 1.54) is 0 Å². The van der Waals surface area contributed by atoms with E-state index < -0.39 is 0 Å². The van der Waals surface area contributed by atoms with Gasteiger partial charge in [-0.1, -0.05) is 23.7 Å². The maximum atomic E-state index is 11.9. The normalized spacial score (nSPS) is 13.6. The summed E-state index contributed by atoms with van der Waals surface area (Å²) in [6.45, 7) is 2.18. The van der Waals surface area contributed by atoms with Crippen molar-refractivity contribution >= 4 is 29.3 Å². The summed E-state index contributed by atoms with van der Waals surface area (Å²) in [5.74, 6) is -0.416. The van der Waals surface area contributed by atoms with Gasteiger partial charge in [0, 0.05) is 39.0 Å². The first-order valence-electron chi connectivity index (χ1n) is 8.15. The van der Waals surface area contributed by atoms with Gasteiger partial charge in [-0.3, -0.25) is 14.4 Å². The summed E-state index contributed by atoms with van der Waals surface area (Å²) in [5, 5.41) is 5.73. The van der Waals surface area contributed by atoms with Crippen molar-refractivity contribution in [2.24, 2.45) is 0 Å². The van der Waals surface area contributed by atoms with Gasteiger partial charge in [0.2, 0.25) is 11.8 Å². The van der Waals surface area contributed by atoms with Crippen LogP contribution in [-0.2, 0) is 9.59 Å². The molecule has 1 aromatic rings. The molecule has 0 radical (unpaired) electrons. The summed E-state index contributed by atoms with van der Waals surface area (Å²) >= 11 is 5.94. The maximum Gasteiger partial charge on any atom is 0.252 e. The van der Waals surface area contributed by atoms with Crippen LogP contribution in [0.4, 0.5) is 0 Å². The Hall–Kier alpha value is -2.08. The Balaban J connectivity index is 1.60. The average Bonchev–Trinajstić information content (AvgIpc) is 3.09. The number of benzene rings is 1. The van der Waals surface area contributed by atoms with Gasteiger partial charge in [-0.25, -0.2) is 0 Å². The Bertz CT molecular complexity index is 600. The topological polar surface area (TPSA) is 78.5 Å². The number of halogens is 1. The Morgan fingerprint density at radius 2 is 1.67 bits per heavy atom. The smallest absolute Gasteiger partial charge is 0.252 e. The molecule has 0 unspecified atom stereocenters. The zero-order valence-electron chi connectivity index (χ0n) is 13.5. The number of carbonyl (C=O) groups is 3. The van der Waals surface area contributed by atoms with Crippen molar-refractivity contribution in [3.05, 3.63) is 34.9 Å². The molecule has 0 saturated carbocycles. The highest BCUT2D eigenvalue weighted by Crippen LogP contribution is 2.14. The van der Waals surface area contributed by atoms with Gasteiger partial charge in [0.25, 0.3) is 5.91 Å². The summed E-state index contributed by atoms with van der Waals surface area (Å²) < 4.78 is 0. The number of rotatable bonds is 7. The maximum absolute atomic E-state index is 11.9. The van der Waals surface area contributed by atoms with E-state index in [0.29, 0.717) is 23.6 Å². The molecule has 24 heavy (non-hydrogen) atoms. The highest BCUT2D eigenvalue weighted by molar-refractivity contribution is 6.33. The predicted octanol–water partition coefficient (Wildman–Crippen LogP) is 1.59. The van der Waals surface area contributed by atoms with Crippen molar-refractivity contribution in [1.29, 1.82) is 0 Å². The Morgan fingerprint density at radius 1 is 1.00 bits per heavy atom. The summed E-state index contributed by atoms with van der Waals surface area (Å²) in [6, 6.07) is 6.74. The van der Waals surface area contributed by atoms with Gasteiger partial charge in [0.15, 0.2) is 0 Å². The molecule has 130 valence electrons. The highest BCUT2D eigenvalue weighted by Gasteiger charge is 2.17. The number of nitrogens with one attached hydrogen (secondary N) is 2. The van der Waals surface area contributed by atoms with Gasteiger partial charge in [-0.2, -0.15) is 0 Å². The van der Waals surface area contributed by atoms with E-state index in [9.17, 15) is 14.4 Å². The minimum atomic E-state index is -0.308. The van der Waals surface area contributed by atoms with Crippen molar-refractivity contribution in [3.63, 3.8) is 0 Å². The fourth-order valence-corrected chi connectivity index (χ4v) is 2.77. The first kappa shape index (κ1) is 18.3. The quantitative estimate of drug-likeness (QED) is 0.783. The third-order valence-electron chi connectivity index (χ3n) is 3.88. The molecule has 0 aliphatic carbocycles. The van der Waals surface area contributed by atoms with Gasteiger partial charge >= 0.3 is 0 Å². The van der Waals surface area contributed by atoms with Crippen molar-refractivity contribution < 1.29 is 14.4 Å². The molecular weight excluding hydrogens is 330 g/mol. The number of amides is 3. The van der Waals surface area contributed by atoms with Gasteiger partial charge in [-0.05, 0) is 25.0 Å². The molecule has 1 aromatic carbocycles. The van der Waals surface area contributed by atoms with Crippen LogP contribution in [0, 0.1) is 0 Å². The summed E-state index contributed by atoms with van der Waals surface area (Å²) in [7, 11) is 0. The molecular formula is C17H22ClN3O3. The molecule has 0 atom stereocenters. The largest absolute Gasteiger partial charge is 0.356 e. The van der Waals surface area contributed by atoms with E-state index in [2.05, 4.69) is 10.6 Å². The fourth-order valence-electron chi connectivity index (χ4n) is 2.55. The molecule has 0 spiro atoms. The molecule has 2 rings (SSSR count). The second-order valence-electron chi connectivity index (χ2n) is 5.67. The summed E-state index contributed by atoms with van der Waals surface area (Å²) in [4.78, 5) is 37.3. The highest BCUT2D eigenvalue weighted by atomic mass is 35.5. The van der Waals surface area contributed by atoms with E-state index in [1.807, 2.05) is 4.90 Å². The van der Waals surface area contributed by atoms with E-state index in [-0.39, 0.29) is 30.7 Å². The molecule has 2 N–H and O–H groups in total. The minimum absolute atomic E-state index is 0.0832. The van der Waals surface area contributed by atoms with E-state index in [0.717, 1.165) is 25.9 Å². The minimum Gasteiger partial charge on any atom is -0.356 e. The molecule has 0 bridgehead atoms. The van der Waals surface area contributed by atoms with E-state index in [4.69, 9.17) is 11.6 Å². The molecule has 6 nitrogen and oxygen atoms in total. The van der Waals surface area contributed by atoms with E-state index in [1.54, 1.807) is 24.3 Å². The van der Waals surface area contributed by atoms with Crippen LogP contribution in [0.25, 0.3) is 0 Å². The zero-order valence-corrected chi connectivity index (χ0v) is 14.3. The first-order chi connectivity index (χ1) is 11.6. The van der Waals surface area contributed by atoms with E-state index >= 15 is 0 Å². The van der Waals surface area contributed by atoms with Gasteiger partial charge in [0.1, 0.15) is 0 Å². The van der Waals surface area contributed by atoms with Crippen molar-refractivity contribution in [2.45, 2.75) is 25.7 Å². The molecule has 7 heteroatoms. The number of hydrogen-bond donors (Lipinski definition) is 2. The number of nitrogens with zero attached hydrogens (tertiary/aromatic N) is 1. The van der Waals surface area contributed by atoms with Crippen LogP contribution in [0.1, 0.15) is 36.0 Å². The third-order valence-corrected chi connectivity index (χ3v) is 4.21. The SMILES string of the molecule is O=C(CCNC(=O)c1ccccc1Cl)NCCC(=O)N1CCCC1. The van der Waals surface area contributed by atoms with Crippen LogP contribution in [0.15, 0.2) is 24.3 Å². The van der Waals surface area contributed by atoms with Crippen molar-refractivity contribution in [1.82, 2.24) is 15.5 Å². The predicted molar refractivity (Wildman–Crippen MR) is 91.8 cm³/mol. The second kappa shape index (κ2) is 9.27. The second-order valence-corrected chi connectivity index (χ2v) is 6.08. The fraction of sp³-hybridized carbons (Fsp3) is 0.471. The van der Waals surface area contributed by atoms with Crippen LogP contribution in [0.2, 0.25) is 5.02 Å². The monoisotopic (exact) mass is 351 g/mol. The van der Waals surface area contributed by atoms with Gasteiger partial charge < -0.3 is 15.5 Å². The van der Waals surface area contributed by atoms with Crippen LogP contribution >= 0.6 is 11.6 Å². The lowest BCUT2D eigenvalue weighted by Crippen LogP contribution is -2.34. The molecule has 1 saturated heterocycles. The Morgan fingerprint density at radius 3 is 2.38 bits per heavy atom. The Kier molecular flexibility index (Phi) is 7.06. The molecule has 1 aliphatic heterocycles. The molecule has 1 fully saturated rings. The van der Waals surface area contributed by atoms with Crippen LogP contribution in [-0.4, -0.2) is 48.8 Å². The lowest BCUT2D eigenvalue weighted by Gasteiger charge is -2.15. The van der Waals surface area contributed by atoms with Crippen LogP contribution in [0.3, 0.4) is 0 Å². The zero-order chi connectivity index (χ0) is 17.4. The molecule has 1 aliphatic rings. The summed E-state index contributed by atoms with van der Waals surface area (Å²) in [5.41, 5.74) is 0.385. The molecule has 3 amide bonds. The standard InChI is InChI=1S/C17H22ClN3O3/c18-14-6-2-1-5-13(14)17(24)20-9-7-15(22)19-10-8-16(23)21-11-3-4-12-21/h1-2,5-6H,3-4,7-12H2,(H,19,22)(H,20,24). The Labute approximate surface area is 146 Å². The third kappa shape index (κ3) is 5.53. The first-order valence-corrected chi connectivity index (χ1v) is 8.53. The van der Waals surface area contributed by atoms with Crippen molar-refractivity contribution in [2.75, 3.05) is 26.2 Å². The lowest BCUT2D eigenvalue weighted by atomic mass is 10.2. The molecule has 1 heterocycles. The molecule has 0 aromatic heterocycles. The average molecular weight is 352 g/mol. The van der Waals surface area contributed by atoms with Gasteiger partial charge in [-0.15, -0.1) is 0 Å². The van der Waals surface area contributed by atoms with Gasteiger partial charge in [0.05, 0.1) is 10.6 Å². The van der Waals surface area contributed by atoms with Crippen LogP contribution < -0.4 is 10.6 Å². The number of likely N-dealkylation sites (tertiary alicyclic amines) is 1. The van der Waals surface area contributed by atoms with Crippen molar-refractivity contribution in [3.8, 4) is 0 Å². The lowest BCUT2D eigenvalue weighted by molar-refractivity contribution is -0.130.